The molecule has 2 aliphatic rings. The van der Waals surface area contributed by atoms with Crippen molar-refractivity contribution in [3.63, 3.8) is 0 Å². The van der Waals surface area contributed by atoms with Crippen LogP contribution in [0.5, 0.6) is 0 Å². The number of nitrogens with one attached hydrogen (secondary N) is 1. The highest BCUT2D eigenvalue weighted by molar-refractivity contribution is 5.66. The molecule has 158 valence electrons. The largest absolute Gasteiger partial charge is 0.391 e. The summed E-state index contributed by atoms with van der Waals surface area (Å²) in [4.78, 5) is 19.2. The van der Waals surface area contributed by atoms with Crippen LogP contribution in [-0.2, 0) is 0 Å². The standard InChI is InChI=1S/C21H27N7O2/c29-18-6-3-5-16(18)28-20(30)8-7-19(25-28)26-12-2-1-4-15(26)14-23-21-17-9-10-24-27(17)13-11-22-21/h7-11,13,15-16,18,29H,1-6,12,14H2,(H,22,23). The van der Waals surface area contributed by atoms with E-state index in [1.165, 1.54) is 4.68 Å². The van der Waals surface area contributed by atoms with Crippen molar-refractivity contribution in [3.05, 3.63) is 47.1 Å². The lowest BCUT2D eigenvalue weighted by atomic mass is 10.0. The van der Waals surface area contributed by atoms with Gasteiger partial charge in [0.25, 0.3) is 5.56 Å². The molecule has 1 saturated carbocycles. The fourth-order valence-corrected chi connectivity index (χ4v) is 4.73. The predicted octanol–water partition coefficient (Wildman–Crippen LogP) is 1.84. The molecule has 2 fully saturated rings. The summed E-state index contributed by atoms with van der Waals surface area (Å²) in [6, 6.07) is 5.37. The molecular weight excluding hydrogens is 382 g/mol. The zero-order chi connectivity index (χ0) is 20.5. The number of hydrogen-bond acceptors (Lipinski definition) is 7. The Morgan fingerprint density at radius 2 is 2.03 bits per heavy atom. The van der Waals surface area contributed by atoms with Gasteiger partial charge >= 0.3 is 0 Å². The third-order valence-corrected chi connectivity index (χ3v) is 6.32. The molecule has 3 unspecified atom stereocenters. The smallest absolute Gasteiger partial charge is 0.267 e. The van der Waals surface area contributed by atoms with Crippen LogP contribution in [0.25, 0.3) is 5.52 Å². The first kappa shape index (κ1) is 19.0. The molecule has 0 bridgehead atoms. The lowest BCUT2D eigenvalue weighted by molar-refractivity contribution is 0.127. The van der Waals surface area contributed by atoms with Gasteiger partial charge in [-0.15, -0.1) is 0 Å². The first-order chi connectivity index (χ1) is 14.7. The van der Waals surface area contributed by atoms with Crippen LogP contribution in [0.2, 0.25) is 0 Å². The van der Waals surface area contributed by atoms with E-state index < -0.39 is 6.10 Å². The number of piperidine rings is 1. The van der Waals surface area contributed by atoms with Crippen LogP contribution in [0.3, 0.4) is 0 Å². The second-order valence-electron chi connectivity index (χ2n) is 8.20. The van der Waals surface area contributed by atoms with Gasteiger partial charge in [-0.3, -0.25) is 4.79 Å². The molecule has 30 heavy (non-hydrogen) atoms. The SMILES string of the molecule is O=c1ccc(N2CCCCC2CNc2nccn3nccc23)nn1C1CCCC1O. The first-order valence-corrected chi connectivity index (χ1v) is 10.8. The number of nitrogens with zero attached hydrogens (tertiary/aromatic N) is 6. The molecular formula is C21H27N7O2. The van der Waals surface area contributed by atoms with Crippen LogP contribution >= 0.6 is 0 Å². The van der Waals surface area contributed by atoms with E-state index in [0.717, 1.165) is 68.8 Å². The lowest BCUT2D eigenvalue weighted by Gasteiger charge is -2.37. The van der Waals surface area contributed by atoms with Crippen molar-refractivity contribution in [1.82, 2.24) is 24.4 Å². The second kappa shape index (κ2) is 8.06. The van der Waals surface area contributed by atoms with E-state index in [1.54, 1.807) is 23.0 Å². The third-order valence-electron chi connectivity index (χ3n) is 6.32. The Morgan fingerprint density at radius 1 is 1.10 bits per heavy atom. The third kappa shape index (κ3) is 3.54. The molecule has 1 saturated heterocycles. The summed E-state index contributed by atoms with van der Waals surface area (Å²) >= 11 is 0. The van der Waals surface area contributed by atoms with Gasteiger partial charge in [0.1, 0.15) is 11.3 Å². The summed E-state index contributed by atoms with van der Waals surface area (Å²) in [6.07, 6.45) is 10.6. The van der Waals surface area contributed by atoms with E-state index in [9.17, 15) is 9.90 Å². The topological polar surface area (TPSA) is 101 Å². The molecule has 0 aromatic carbocycles. The summed E-state index contributed by atoms with van der Waals surface area (Å²) in [5.41, 5.74) is 0.801. The van der Waals surface area contributed by atoms with E-state index >= 15 is 0 Å². The zero-order valence-electron chi connectivity index (χ0n) is 16.9. The van der Waals surface area contributed by atoms with Crippen molar-refractivity contribution in [2.75, 3.05) is 23.3 Å². The molecule has 3 aromatic heterocycles. The Hall–Kier alpha value is -2.94. The van der Waals surface area contributed by atoms with Gasteiger partial charge in [0.05, 0.1) is 18.3 Å². The number of anilines is 2. The van der Waals surface area contributed by atoms with E-state index in [-0.39, 0.29) is 17.6 Å². The Morgan fingerprint density at radius 3 is 2.90 bits per heavy atom. The molecule has 9 heteroatoms. The summed E-state index contributed by atoms with van der Waals surface area (Å²) < 4.78 is 3.30. The highest BCUT2D eigenvalue weighted by Crippen LogP contribution is 2.29. The number of aliphatic hydroxyl groups excluding tert-OH is 1. The maximum Gasteiger partial charge on any atom is 0.267 e. The van der Waals surface area contributed by atoms with Gasteiger partial charge in [0.15, 0.2) is 5.82 Å². The Kier molecular flexibility index (Phi) is 5.12. The Labute approximate surface area is 174 Å². The predicted molar refractivity (Wildman–Crippen MR) is 114 cm³/mol. The summed E-state index contributed by atoms with van der Waals surface area (Å²) in [5, 5.41) is 22.7. The van der Waals surface area contributed by atoms with E-state index in [4.69, 9.17) is 0 Å². The van der Waals surface area contributed by atoms with Crippen molar-refractivity contribution in [2.45, 2.75) is 56.7 Å². The minimum absolute atomic E-state index is 0.145. The number of hydrogen-bond donors (Lipinski definition) is 2. The maximum absolute atomic E-state index is 12.4. The Balaban J connectivity index is 1.37. The molecule has 5 rings (SSSR count). The maximum atomic E-state index is 12.4. The van der Waals surface area contributed by atoms with E-state index in [0.29, 0.717) is 0 Å². The van der Waals surface area contributed by atoms with Crippen LogP contribution in [0.1, 0.15) is 44.6 Å². The highest BCUT2D eigenvalue weighted by atomic mass is 16.3. The van der Waals surface area contributed by atoms with E-state index in [2.05, 4.69) is 25.4 Å². The van der Waals surface area contributed by atoms with Gasteiger partial charge < -0.3 is 15.3 Å². The van der Waals surface area contributed by atoms with Crippen molar-refractivity contribution >= 4 is 17.2 Å². The van der Waals surface area contributed by atoms with Crippen LogP contribution in [-0.4, -0.2) is 54.7 Å². The quantitative estimate of drug-likeness (QED) is 0.663. The Bertz CT molecular complexity index is 1080. The van der Waals surface area contributed by atoms with Gasteiger partial charge in [0.2, 0.25) is 0 Å². The monoisotopic (exact) mass is 409 g/mol. The van der Waals surface area contributed by atoms with Crippen molar-refractivity contribution in [3.8, 4) is 0 Å². The molecule has 3 atom stereocenters. The molecule has 3 aromatic rings. The minimum Gasteiger partial charge on any atom is -0.391 e. The van der Waals surface area contributed by atoms with Crippen LogP contribution < -0.4 is 15.8 Å². The summed E-state index contributed by atoms with van der Waals surface area (Å²) in [7, 11) is 0. The van der Waals surface area contributed by atoms with Gasteiger partial charge in [-0.05, 0) is 50.7 Å². The first-order valence-electron chi connectivity index (χ1n) is 10.8. The molecule has 1 aliphatic carbocycles. The van der Waals surface area contributed by atoms with Gasteiger partial charge in [-0.25, -0.2) is 14.2 Å². The van der Waals surface area contributed by atoms with Crippen molar-refractivity contribution in [2.24, 2.45) is 0 Å². The van der Waals surface area contributed by atoms with Gasteiger partial charge in [-0.2, -0.15) is 10.2 Å². The second-order valence-corrected chi connectivity index (χ2v) is 8.20. The zero-order valence-corrected chi connectivity index (χ0v) is 16.9. The molecule has 2 N–H and O–H groups in total. The van der Waals surface area contributed by atoms with E-state index in [1.807, 2.05) is 18.3 Å². The molecule has 4 heterocycles. The van der Waals surface area contributed by atoms with Crippen LogP contribution in [0, 0.1) is 0 Å². The van der Waals surface area contributed by atoms with Crippen LogP contribution in [0.4, 0.5) is 11.6 Å². The minimum atomic E-state index is -0.494. The average Bonchev–Trinajstić information content (AvgIpc) is 3.42. The summed E-state index contributed by atoms with van der Waals surface area (Å²) in [6.45, 7) is 1.62. The average molecular weight is 409 g/mol. The lowest BCUT2D eigenvalue weighted by Crippen LogP contribution is -2.45. The van der Waals surface area contributed by atoms with Gasteiger partial charge in [-0.1, -0.05) is 0 Å². The number of rotatable bonds is 5. The number of fused-ring (bicyclic) bond motifs is 1. The number of aromatic nitrogens is 5. The molecule has 0 amide bonds. The number of aliphatic hydroxyl groups is 1. The summed E-state index contributed by atoms with van der Waals surface area (Å²) in [5.74, 6) is 1.61. The molecule has 9 nitrogen and oxygen atoms in total. The van der Waals surface area contributed by atoms with Crippen molar-refractivity contribution < 1.29 is 5.11 Å². The molecule has 0 spiro atoms. The van der Waals surface area contributed by atoms with Gasteiger partial charge in [0, 0.05) is 37.6 Å². The molecule has 0 radical (unpaired) electrons. The normalized spacial score (nSPS) is 24.4. The fraction of sp³-hybridized carbons (Fsp3) is 0.524. The highest BCUT2D eigenvalue weighted by Gasteiger charge is 2.30. The fourth-order valence-electron chi connectivity index (χ4n) is 4.73. The van der Waals surface area contributed by atoms with Crippen LogP contribution in [0.15, 0.2) is 41.6 Å². The van der Waals surface area contributed by atoms with Crippen molar-refractivity contribution in [1.29, 1.82) is 0 Å². The molecule has 1 aliphatic heterocycles.